The summed E-state index contributed by atoms with van der Waals surface area (Å²) in [7, 11) is 1.70. The number of anilines is 1. The van der Waals surface area contributed by atoms with E-state index in [0.29, 0.717) is 18.0 Å². The van der Waals surface area contributed by atoms with Crippen LogP contribution < -0.4 is 15.8 Å². The normalized spacial score (nSPS) is 16.1. The Morgan fingerprint density at radius 2 is 2.14 bits per heavy atom. The number of benzene rings is 1. The van der Waals surface area contributed by atoms with Crippen molar-refractivity contribution in [2.45, 2.75) is 5.92 Å². The van der Waals surface area contributed by atoms with Gasteiger partial charge in [0.1, 0.15) is 24.0 Å². The Kier molecular flexibility index (Phi) is 3.13. The Bertz CT molecular complexity index is 721. The molecule has 6 nitrogen and oxygen atoms in total. The van der Waals surface area contributed by atoms with Crippen LogP contribution in [0.3, 0.4) is 0 Å². The standard InChI is InChI=1S/C15H15N3O3/c1-18-7-9(6-12(18)14(16)19)17-15(20)11-8-21-13-5-3-2-4-10(11)13/h2-7,11H,8H2,1H3,(H2,16,19)(H,17,20)/t11-/m0/s1. The van der Waals surface area contributed by atoms with Crippen LogP contribution in [0.15, 0.2) is 36.5 Å². The van der Waals surface area contributed by atoms with Crippen molar-refractivity contribution in [3.05, 3.63) is 47.8 Å². The average Bonchev–Trinajstić information content (AvgIpc) is 3.02. The second-order valence-electron chi connectivity index (χ2n) is 4.98. The summed E-state index contributed by atoms with van der Waals surface area (Å²) in [5.41, 5.74) is 7.01. The maximum Gasteiger partial charge on any atom is 0.265 e. The SMILES string of the molecule is Cn1cc(NC(=O)[C@H]2COc3ccccc32)cc1C(N)=O. The van der Waals surface area contributed by atoms with Crippen molar-refractivity contribution in [1.29, 1.82) is 0 Å². The quantitative estimate of drug-likeness (QED) is 0.889. The molecular weight excluding hydrogens is 270 g/mol. The molecule has 6 heteroatoms. The molecule has 0 unspecified atom stereocenters. The number of nitrogens with zero attached hydrogens (tertiary/aromatic N) is 1. The number of primary amides is 1. The fraction of sp³-hybridized carbons (Fsp3) is 0.200. The van der Waals surface area contributed by atoms with E-state index in [1.807, 2.05) is 24.3 Å². The number of nitrogens with two attached hydrogens (primary N) is 1. The fourth-order valence-corrected chi connectivity index (χ4v) is 2.49. The number of ether oxygens (including phenoxy) is 1. The Balaban J connectivity index is 1.79. The van der Waals surface area contributed by atoms with Crippen molar-refractivity contribution in [2.75, 3.05) is 11.9 Å². The molecule has 0 aliphatic carbocycles. The minimum atomic E-state index is -0.535. The second-order valence-corrected chi connectivity index (χ2v) is 4.98. The third-order valence-corrected chi connectivity index (χ3v) is 3.54. The number of amides is 2. The summed E-state index contributed by atoms with van der Waals surface area (Å²) in [6.45, 7) is 0.320. The van der Waals surface area contributed by atoms with Crippen molar-refractivity contribution in [1.82, 2.24) is 4.57 Å². The first-order valence-corrected chi connectivity index (χ1v) is 6.55. The van der Waals surface area contributed by atoms with Crippen molar-refractivity contribution < 1.29 is 14.3 Å². The molecule has 0 bridgehead atoms. The Morgan fingerprint density at radius 3 is 2.86 bits per heavy atom. The number of aromatic nitrogens is 1. The van der Waals surface area contributed by atoms with Crippen LogP contribution in [0.25, 0.3) is 0 Å². The van der Waals surface area contributed by atoms with Gasteiger partial charge in [-0.05, 0) is 12.1 Å². The first-order chi connectivity index (χ1) is 10.1. The van der Waals surface area contributed by atoms with Crippen LogP contribution in [0.1, 0.15) is 22.0 Å². The van der Waals surface area contributed by atoms with Gasteiger partial charge in [-0.2, -0.15) is 0 Å². The van der Waals surface area contributed by atoms with Crippen molar-refractivity contribution in [2.24, 2.45) is 12.8 Å². The summed E-state index contributed by atoms with van der Waals surface area (Å²) in [6, 6.07) is 9.03. The molecule has 0 fully saturated rings. The lowest BCUT2D eigenvalue weighted by molar-refractivity contribution is -0.117. The minimum Gasteiger partial charge on any atom is -0.492 e. The number of carbonyl (C=O) groups excluding carboxylic acids is 2. The molecule has 2 aromatic rings. The summed E-state index contributed by atoms with van der Waals surface area (Å²) in [6.07, 6.45) is 1.65. The van der Waals surface area contributed by atoms with Gasteiger partial charge in [0.15, 0.2) is 0 Å². The van der Waals surface area contributed by atoms with Crippen LogP contribution >= 0.6 is 0 Å². The van der Waals surface area contributed by atoms with Gasteiger partial charge in [-0.15, -0.1) is 0 Å². The van der Waals surface area contributed by atoms with E-state index < -0.39 is 5.91 Å². The van der Waals surface area contributed by atoms with Gasteiger partial charge in [0.25, 0.3) is 5.91 Å². The van der Waals surface area contributed by atoms with E-state index in [4.69, 9.17) is 10.5 Å². The molecule has 1 atom stereocenters. The highest BCUT2D eigenvalue weighted by Crippen LogP contribution is 2.34. The number of aryl methyl sites for hydroxylation is 1. The van der Waals surface area contributed by atoms with Gasteiger partial charge in [-0.3, -0.25) is 9.59 Å². The van der Waals surface area contributed by atoms with Gasteiger partial charge in [0.05, 0.1) is 5.69 Å². The average molecular weight is 285 g/mol. The molecule has 0 spiro atoms. The molecule has 1 aromatic heterocycles. The molecule has 1 aromatic carbocycles. The second kappa shape index (κ2) is 4.97. The lowest BCUT2D eigenvalue weighted by atomic mass is 10.0. The Morgan fingerprint density at radius 1 is 1.38 bits per heavy atom. The third kappa shape index (κ3) is 2.35. The third-order valence-electron chi connectivity index (χ3n) is 3.54. The summed E-state index contributed by atoms with van der Waals surface area (Å²) < 4.78 is 7.08. The van der Waals surface area contributed by atoms with Crippen molar-refractivity contribution >= 4 is 17.5 Å². The summed E-state index contributed by atoms with van der Waals surface area (Å²) in [5.74, 6) is -0.309. The number of nitrogens with one attached hydrogen (secondary N) is 1. The first kappa shape index (κ1) is 13.2. The van der Waals surface area contributed by atoms with Gasteiger partial charge in [-0.1, -0.05) is 18.2 Å². The Hall–Kier alpha value is -2.76. The molecule has 0 saturated heterocycles. The van der Waals surface area contributed by atoms with Crippen LogP contribution in [0.4, 0.5) is 5.69 Å². The zero-order valence-corrected chi connectivity index (χ0v) is 11.5. The van der Waals surface area contributed by atoms with Gasteiger partial charge in [0.2, 0.25) is 5.91 Å². The van der Waals surface area contributed by atoms with E-state index in [2.05, 4.69) is 5.32 Å². The van der Waals surface area contributed by atoms with Gasteiger partial charge in [0, 0.05) is 18.8 Å². The lowest BCUT2D eigenvalue weighted by Crippen LogP contribution is -2.22. The minimum absolute atomic E-state index is 0.165. The van der Waals surface area contributed by atoms with E-state index in [-0.39, 0.29) is 11.8 Å². The summed E-state index contributed by atoms with van der Waals surface area (Å²) >= 11 is 0. The molecule has 3 N–H and O–H groups in total. The lowest BCUT2D eigenvalue weighted by Gasteiger charge is -2.08. The van der Waals surface area contributed by atoms with Crippen LogP contribution in [-0.4, -0.2) is 23.0 Å². The van der Waals surface area contributed by atoms with Gasteiger partial charge < -0.3 is 20.4 Å². The highest BCUT2D eigenvalue weighted by Gasteiger charge is 2.30. The van der Waals surface area contributed by atoms with Gasteiger partial charge in [-0.25, -0.2) is 0 Å². The maximum absolute atomic E-state index is 12.4. The molecule has 108 valence electrons. The number of fused-ring (bicyclic) bond motifs is 1. The topological polar surface area (TPSA) is 86.3 Å². The first-order valence-electron chi connectivity index (χ1n) is 6.55. The predicted molar refractivity (Wildman–Crippen MR) is 77.2 cm³/mol. The number of hydrogen-bond acceptors (Lipinski definition) is 3. The molecule has 2 amide bonds. The van der Waals surface area contributed by atoms with Crippen molar-refractivity contribution in [3.63, 3.8) is 0 Å². The molecule has 1 aliphatic rings. The van der Waals surface area contributed by atoms with Crippen LogP contribution in [0, 0.1) is 0 Å². The van der Waals surface area contributed by atoms with Crippen LogP contribution in [0.2, 0.25) is 0 Å². The largest absolute Gasteiger partial charge is 0.492 e. The number of rotatable bonds is 3. The molecule has 0 saturated carbocycles. The molecule has 0 radical (unpaired) electrons. The van der Waals surface area contributed by atoms with E-state index in [1.165, 1.54) is 0 Å². The number of para-hydroxylation sites is 1. The van der Waals surface area contributed by atoms with Gasteiger partial charge >= 0.3 is 0 Å². The summed E-state index contributed by atoms with van der Waals surface area (Å²) in [5, 5.41) is 2.79. The highest BCUT2D eigenvalue weighted by molar-refractivity contribution is 5.99. The van der Waals surface area contributed by atoms with Crippen LogP contribution in [0.5, 0.6) is 5.75 Å². The smallest absolute Gasteiger partial charge is 0.265 e. The zero-order chi connectivity index (χ0) is 15.0. The number of hydrogen-bond donors (Lipinski definition) is 2. The van der Waals surface area contributed by atoms with Crippen LogP contribution in [-0.2, 0) is 11.8 Å². The van der Waals surface area contributed by atoms with E-state index in [1.54, 1.807) is 23.9 Å². The van der Waals surface area contributed by atoms with E-state index in [9.17, 15) is 9.59 Å². The molecule has 21 heavy (non-hydrogen) atoms. The van der Waals surface area contributed by atoms with Crippen molar-refractivity contribution in [3.8, 4) is 5.75 Å². The fourth-order valence-electron chi connectivity index (χ4n) is 2.49. The molecule has 3 rings (SSSR count). The molecule has 1 aliphatic heterocycles. The maximum atomic E-state index is 12.4. The predicted octanol–water partition coefficient (Wildman–Crippen LogP) is 1.24. The molecular formula is C15H15N3O3. The highest BCUT2D eigenvalue weighted by atomic mass is 16.5. The number of carbonyl (C=O) groups is 2. The zero-order valence-electron chi connectivity index (χ0n) is 11.5. The Labute approximate surface area is 121 Å². The molecule has 2 heterocycles. The van der Waals surface area contributed by atoms with E-state index >= 15 is 0 Å². The monoisotopic (exact) mass is 285 g/mol. The van der Waals surface area contributed by atoms with E-state index in [0.717, 1.165) is 11.3 Å². The summed E-state index contributed by atoms with van der Waals surface area (Å²) in [4.78, 5) is 23.6.